The van der Waals surface area contributed by atoms with E-state index in [1.165, 1.54) is 23.6 Å². The van der Waals surface area contributed by atoms with Crippen molar-refractivity contribution >= 4 is 10.8 Å². The van der Waals surface area contributed by atoms with Gasteiger partial charge >= 0.3 is 0 Å². The van der Waals surface area contributed by atoms with E-state index >= 15 is 0 Å². The zero-order valence-corrected chi connectivity index (χ0v) is 25.6. The molecule has 1 fully saturated rings. The van der Waals surface area contributed by atoms with Gasteiger partial charge < -0.3 is 14.2 Å². The summed E-state index contributed by atoms with van der Waals surface area (Å²) in [5.74, 6) is 0.919. The maximum atomic E-state index is 5.40. The summed E-state index contributed by atoms with van der Waals surface area (Å²) in [6, 6.07) is 26.5. The Kier molecular flexibility index (Phi) is 42.1. The van der Waals surface area contributed by atoms with Crippen LogP contribution in [0.2, 0.25) is 0 Å². The second kappa shape index (κ2) is 37.2. The third kappa shape index (κ3) is 29.7. The fraction of sp³-hybridized carbons (Fsp3) is 0.515. The van der Waals surface area contributed by atoms with Gasteiger partial charge in [0.25, 0.3) is 0 Å². The van der Waals surface area contributed by atoms with Crippen molar-refractivity contribution in [1.29, 1.82) is 0 Å². The van der Waals surface area contributed by atoms with Gasteiger partial charge in [0.2, 0.25) is 0 Å². The van der Waals surface area contributed by atoms with Crippen LogP contribution in [-0.4, -0.2) is 33.5 Å². The molecule has 0 aliphatic carbocycles. The van der Waals surface area contributed by atoms with E-state index in [-0.39, 0.29) is 0 Å². The third-order valence-electron chi connectivity index (χ3n) is 3.24. The Morgan fingerprint density at radius 2 is 0.889 bits per heavy atom. The molecule has 1 heterocycles. The molecular formula is C33H58O3. The molecule has 3 nitrogen and oxygen atoms in total. The normalized spacial score (nSPS) is 11.3. The predicted molar refractivity (Wildman–Crippen MR) is 165 cm³/mol. The highest BCUT2D eigenvalue weighted by molar-refractivity contribution is 5.81. The summed E-state index contributed by atoms with van der Waals surface area (Å²) in [6.07, 6.45) is 2.84. The van der Waals surface area contributed by atoms with Crippen molar-refractivity contribution in [1.82, 2.24) is 0 Å². The van der Waals surface area contributed by atoms with Crippen molar-refractivity contribution in [2.75, 3.05) is 27.4 Å². The largest absolute Gasteiger partial charge is 0.491 e. The highest BCUT2D eigenvalue weighted by Crippen LogP contribution is 2.13. The summed E-state index contributed by atoms with van der Waals surface area (Å²) >= 11 is 0. The van der Waals surface area contributed by atoms with Crippen molar-refractivity contribution < 1.29 is 14.2 Å². The maximum Gasteiger partial charge on any atom is 0.119 e. The minimum Gasteiger partial charge on any atom is -0.491 e. The molecule has 0 spiro atoms. The lowest BCUT2D eigenvalue weighted by Crippen LogP contribution is -2.03. The van der Waals surface area contributed by atoms with Gasteiger partial charge in [-0.1, -0.05) is 149 Å². The molecule has 0 radical (unpaired) electrons. The molecule has 1 unspecified atom stereocenters. The van der Waals surface area contributed by atoms with Gasteiger partial charge in [0, 0.05) is 14.2 Å². The van der Waals surface area contributed by atoms with Gasteiger partial charge in [0.05, 0.1) is 6.61 Å². The number of rotatable bonds is 3. The number of methoxy groups -OCH3 is 1. The lowest BCUT2D eigenvalue weighted by Gasteiger charge is -2.01. The number of epoxide rings is 1. The zero-order valence-electron chi connectivity index (χ0n) is 25.6. The van der Waals surface area contributed by atoms with Crippen LogP contribution in [0.3, 0.4) is 0 Å². The maximum absolute atomic E-state index is 5.40. The van der Waals surface area contributed by atoms with Gasteiger partial charge in [0.15, 0.2) is 0 Å². The van der Waals surface area contributed by atoms with E-state index in [2.05, 4.69) is 81.0 Å². The zero-order chi connectivity index (χ0) is 28.5. The molecule has 1 aliphatic rings. The number of benzene rings is 3. The number of fused-ring (bicyclic) bond motifs is 1. The summed E-state index contributed by atoms with van der Waals surface area (Å²) in [5, 5.41) is 2.62. The minimum atomic E-state index is 0.343. The molecule has 3 aromatic rings. The van der Waals surface area contributed by atoms with Crippen LogP contribution in [0.4, 0.5) is 0 Å². The Morgan fingerprint density at radius 3 is 1.17 bits per heavy atom. The van der Waals surface area contributed by atoms with E-state index in [0.717, 1.165) is 12.4 Å². The summed E-state index contributed by atoms with van der Waals surface area (Å²) in [7, 11) is 3.25. The van der Waals surface area contributed by atoms with Crippen LogP contribution in [0, 0.1) is 0 Å². The number of ether oxygens (including phenoxy) is 3. The molecule has 4 rings (SSSR count). The summed E-state index contributed by atoms with van der Waals surface area (Å²) in [5.41, 5.74) is 0. The van der Waals surface area contributed by atoms with E-state index in [1.54, 1.807) is 14.2 Å². The van der Waals surface area contributed by atoms with Gasteiger partial charge in [-0.2, -0.15) is 0 Å². The van der Waals surface area contributed by atoms with Crippen LogP contribution in [0.5, 0.6) is 5.75 Å². The third-order valence-corrected chi connectivity index (χ3v) is 3.24. The van der Waals surface area contributed by atoms with Gasteiger partial charge in [-0.05, 0) is 22.9 Å². The molecule has 1 aliphatic heterocycles. The highest BCUT2D eigenvalue weighted by atomic mass is 16.6. The molecule has 1 saturated heterocycles. The molecule has 208 valence electrons. The first-order valence-electron chi connectivity index (χ1n) is 13.8. The SMILES string of the molecule is CC.CC.CC.CCC.CCC.COC.c1ccc(OCC2CO2)cc1.c1ccc2ccccc2c1. The minimum absolute atomic E-state index is 0.343. The van der Waals surface area contributed by atoms with Gasteiger partial charge in [-0.3, -0.25) is 0 Å². The molecule has 36 heavy (non-hydrogen) atoms. The van der Waals surface area contributed by atoms with E-state index in [9.17, 15) is 0 Å². The van der Waals surface area contributed by atoms with Crippen LogP contribution >= 0.6 is 0 Å². The predicted octanol–water partition coefficient (Wildman–Crippen LogP) is 10.5. The molecule has 1 atom stereocenters. The van der Waals surface area contributed by atoms with Crippen LogP contribution in [0.15, 0.2) is 78.9 Å². The van der Waals surface area contributed by atoms with Crippen LogP contribution in [0.1, 0.15) is 82.1 Å². The average molecular weight is 503 g/mol. The van der Waals surface area contributed by atoms with E-state index < -0.39 is 0 Å². The molecule has 0 N–H and O–H groups in total. The van der Waals surface area contributed by atoms with Gasteiger partial charge in [0.1, 0.15) is 18.5 Å². The second-order valence-electron chi connectivity index (χ2n) is 6.75. The summed E-state index contributed by atoms with van der Waals surface area (Å²) in [4.78, 5) is 0. The average Bonchev–Trinajstić information content (AvgIpc) is 3.78. The smallest absolute Gasteiger partial charge is 0.119 e. The highest BCUT2D eigenvalue weighted by Gasteiger charge is 2.22. The van der Waals surface area contributed by atoms with Crippen LogP contribution in [-0.2, 0) is 9.47 Å². The topological polar surface area (TPSA) is 31.0 Å². The molecule has 0 aromatic heterocycles. The number of hydrogen-bond acceptors (Lipinski definition) is 3. The number of para-hydroxylation sites is 1. The Morgan fingerprint density at radius 1 is 0.611 bits per heavy atom. The van der Waals surface area contributed by atoms with Crippen molar-refractivity contribution in [2.45, 2.75) is 88.2 Å². The monoisotopic (exact) mass is 502 g/mol. The van der Waals surface area contributed by atoms with Crippen molar-refractivity contribution in [3.8, 4) is 5.75 Å². The first kappa shape index (κ1) is 40.8. The van der Waals surface area contributed by atoms with E-state index in [0.29, 0.717) is 12.7 Å². The molecule has 3 heteroatoms. The molecule has 3 aromatic carbocycles. The lowest BCUT2D eigenvalue weighted by molar-refractivity contribution is 0.263. The first-order valence-corrected chi connectivity index (χ1v) is 13.8. The fourth-order valence-electron chi connectivity index (χ4n) is 2.00. The molecular weight excluding hydrogens is 444 g/mol. The Hall–Kier alpha value is -2.36. The molecule has 0 bridgehead atoms. The number of hydrogen-bond donors (Lipinski definition) is 0. The fourth-order valence-corrected chi connectivity index (χ4v) is 2.00. The Bertz CT molecular complexity index is 655. The van der Waals surface area contributed by atoms with Gasteiger partial charge in [-0.25, -0.2) is 0 Å². The van der Waals surface area contributed by atoms with Crippen LogP contribution < -0.4 is 4.74 Å². The van der Waals surface area contributed by atoms with E-state index in [4.69, 9.17) is 9.47 Å². The molecule has 0 saturated carbocycles. The van der Waals surface area contributed by atoms with Crippen molar-refractivity contribution in [3.63, 3.8) is 0 Å². The summed E-state index contributed by atoms with van der Waals surface area (Å²) < 4.78 is 14.7. The van der Waals surface area contributed by atoms with Crippen molar-refractivity contribution in [2.24, 2.45) is 0 Å². The Balaban J connectivity index is -0.000000188. The van der Waals surface area contributed by atoms with Gasteiger partial charge in [-0.15, -0.1) is 0 Å². The standard InChI is InChI=1S/C10H8.C9H10O2.2C3H8.C2H6O.3C2H6/c1-2-6-10-8-4-3-7-9(10)5-1;1-2-4-8(5-3-1)10-6-9-7-11-9;3*1-3-2;3*1-2/h1-8H;1-5,9H,6-7H2;2*3H2,1-2H3;1-2H3;3*1-2H3. The quantitative estimate of drug-likeness (QED) is 0.334. The first-order chi connectivity index (χ1) is 17.7. The van der Waals surface area contributed by atoms with Crippen LogP contribution in [0.25, 0.3) is 10.8 Å². The van der Waals surface area contributed by atoms with Crippen molar-refractivity contribution in [3.05, 3.63) is 78.9 Å². The Labute approximate surface area is 225 Å². The lowest BCUT2D eigenvalue weighted by atomic mass is 10.1. The molecule has 0 amide bonds. The van der Waals surface area contributed by atoms with E-state index in [1.807, 2.05) is 71.9 Å². The summed E-state index contributed by atoms with van der Waals surface area (Å²) in [6.45, 7) is 22.0. The second-order valence-corrected chi connectivity index (χ2v) is 6.75.